The molecule has 0 fully saturated rings. The molecule has 2 aromatic rings. The third kappa shape index (κ3) is 6.88. The SMILES string of the molecule is CN=C(NCc1ccc(NCCOC)cc1)NCC1CC(=O)Nc2ccccc21.I. The molecule has 30 heavy (non-hydrogen) atoms. The number of benzene rings is 2. The largest absolute Gasteiger partial charge is 0.383 e. The van der Waals surface area contributed by atoms with Gasteiger partial charge >= 0.3 is 0 Å². The molecule has 0 aliphatic carbocycles. The molecule has 162 valence electrons. The van der Waals surface area contributed by atoms with Gasteiger partial charge in [0.15, 0.2) is 5.96 Å². The number of hydrogen-bond donors (Lipinski definition) is 4. The van der Waals surface area contributed by atoms with Crippen LogP contribution in [-0.4, -0.2) is 45.7 Å². The van der Waals surface area contributed by atoms with Gasteiger partial charge in [-0.15, -0.1) is 24.0 Å². The zero-order valence-electron chi connectivity index (χ0n) is 17.4. The highest BCUT2D eigenvalue weighted by atomic mass is 127. The number of carbonyl (C=O) groups excluding carboxylic acids is 1. The highest BCUT2D eigenvalue weighted by molar-refractivity contribution is 14.0. The van der Waals surface area contributed by atoms with Crippen molar-refractivity contribution in [2.45, 2.75) is 18.9 Å². The number of nitrogens with one attached hydrogen (secondary N) is 4. The first kappa shape index (κ1) is 23.9. The topological polar surface area (TPSA) is 86.8 Å². The van der Waals surface area contributed by atoms with Crippen LogP contribution in [0.3, 0.4) is 0 Å². The molecular weight excluding hydrogens is 493 g/mol. The number of guanidine groups is 1. The van der Waals surface area contributed by atoms with Gasteiger partial charge in [-0.3, -0.25) is 9.79 Å². The average molecular weight is 523 g/mol. The fourth-order valence-corrected chi connectivity index (χ4v) is 3.35. The maximum Gasteiger partial charge on any atom is 0.225 e. The molecule has 0 bridgehead atoms. The lowest BCUT2D eigenvalue weighted by Gasteiger charge is -2.26. The summed E-state index contributed by atoms with van der Waals surface area (Å²) in [6.45, 7) is 2.78. The van der Waals surface area contributed by atoms with Crippen molar-refractivity contribution in [1.82, 2.24) is 10.6 Å². The Balaban J connectivity index is 0.00000320. The lowest BCUT2D eigenvalue weighted by molar-refractivity contribution is -0.116. The molecule has 7 nitrogen and oxygen atoms in total. The van der Waals surface area contributed by atoms with Gasteiger partial charge in [0.1, 0.15) is 0 Å². The fourth-order valence-electron chi connectivity index (χ4n) is 3.35. The van der Waals surface area contributed by atoms with Crippen molar-refractivity contribution in [1.29, 1.82) is 0 Å². The molecule has 1 aliphatic heterocycles. The summed E-state index contributed by atoms with van der Waals surface area (Å²) in [5.41, 5.74) is 4.29. The van der Waals surface area contributed by atoms with Gasteiger partial charge in [-0.2, -0.15) is 0 Å². The van der Waals surface area contributed by atoms with Gasteiger partial charge in [-0.05, 0) is 29.3 Å². The Morgan fingerprint density at radius 1 is 1.17 bits per heavy atom. The molecule has 8 heteroatoms. The summed E-state index contributed by atoms with van der Waals surface area (Å²) in [4.78, 5) is 16.3. The second kappa shape index (κ2) is 12.4. The highest BCUT2D eigenvalue weighted by Crippen LogP contribution is 2.31. The molecule has 0 aromatic heterocycles. The van der Waals surface area contributed by atoms with Crippen LogP contribution in [0.15, 0.2) is 53.5 Å². The van der Waals surface area contributed by atoms with E-state index in [1.54, 1.807) is 14.2 Å². The van der Waals surface area contributed by atoms with E-state index in [0.29, 0.717) is 26.1 Å². The van der Waals surface area contributed by atoms with Crippen LogP contribution in [0.1, 0.15) is 23.5 Å². The predicted molar refractivity (Wildman–Crippen MR) is 133 cm³/mol. The first-order chi connectivity index (χ1) is 14.2. The standard InChI is InChI=1S/C22H29N5O2.HI/c1-23-22(25-14-16-7-9-18(10-8-16)24-11-12-29-2)26-15-17-13-21(28)27-20-6-4-3-5-19(17)20;/h3-10,17,24H,11-15H2,1-2H3,(H,27,28)(H2,23,25,26);1H. The van der Waals surface area contributed by atoms with Gasteiger partial charge in [0, 0.05) is 57.5 Å². The van der Waals surface area contributed by atoms with Crippen molar-refractivity contribution in [3.8, 4) is 0 Å². The number of fused-ring (bicyclic) bond motifs is 1. The van der Waals surface area contributed by atoms with Crippen LogP contribution < -0.4 is 21.3 Å². The van der Waals surface area contributed by atoms with Crippen molar-refractivity contribution in [3.05, 3.63) is 59.7 Å². The molecular formula is C22H30IN5O2. The molecule has 1 heterocycles. The molecule has 0 saturated carbocycles. The highest BCUT2D eigenvalue weighted by Gasteiger charge is 2.24. The first-order valence-electron chi connectivity index (χ1n) is 9.84. The minimum atomic E-state index is 0. The van der Waals surface area contributed by atoms with Crippen LogP contribution in [-0.2, 0) is 16.1 Å². The minimum Gasteiger partial charge on any atom is -0.383 e. The third-order valence-electron chi connectivity index (χ3n) is 4.90. The summed E-state index contributed by atoms with van der Waals surface area (Å²) < 4.78 is 5.04. The van der Waals surface area contributed by atoms with E-state index >= 15 is 0 Å². The molecule has 1 atom stereocenters. The number of rotatable bonds is 8. The van der Waals surface area contributed by atoms with Gasteiger partial charge in [-0.25, -0.2) is 0 Å². The van der Waals surface area contributed by atoms with E-state index in [9.17, 15) is 4.79 Å². The monoisotopic (exact) mass is 523 g/mol. The molecule has 2 aromatic carbocycles. The lowest BCUT2D eigenvalue weighted by atomic mass is 9.90. The molecule has 0 radical (unpaired) electrons. The van der Waals surface area contributed by atoms with Crippen LogP contribution in [0.5, 0.6) is 0 Å². The second-order valence-corrected chi connectivity index (χ2v) is 6.96. The zero-order valence-corrected chi connectivity index (χ0v) is 19.7. The van der Waals surface area contributed by atoms with Crippen molar-refractivity contribution < 1.29 is 9.53 Å². The molecule has 3 rings (SSSR count). The van der Waals surface area contributed by atoms with E-state index in [4.69, 9.17) is 4.74 Å². The average Bonchev–Trinajstić information content (AvgIpc) is 2.74. The normalized spacial score (nSPS) is 15.5. The lowest BCUT2D eigenvalue weighted by Crippen LogP contribution is -2.40. The number of amides is 1. The van der Waals surface area contributed by atoms with Gasteiger partial charge in [0.05, 0.1) is 6.61 Å². The number of halogens is 1. The molecule has 1 unspecified atom stereocenters. The van der Waals surface area contributed by atoms with E-state index in [-0.39, 0.29) is 35.8 Å². The predicted octanol–water partition coefficient (Wildman–Crippen LogP) is 3.15. The Hall–Kier alpha value is -2.33. The van der Waals surface area contributed by atoms with Crippen LogP contribution >= 0.6 is 24.0 Å². The number of anilines is 2. The molecule has 4 N–H and O–H groups in total. The van der Waals surface area contributed by atoms with Gasteiger partial charge in [-0.1, -0.05) is 30.3 Å². The van der Waals surface area contributed by atoms with Crippen molar-refractivity contribution in [3.63, 3.8) is 0 Å². The Kier molecular flexibility index (Phi) is 9.88. The summed E-state index contributed by atoms with van der Waals surface area (Å²) in [5, 5.41) is 12.9. The van der Waals surface area contributed by atoms with Crippen LogP contribution in [0.25, 0.3) is 0 Å². The number of hydrogen-bond acceptors (Lipinski definition) is 4. The van der Waals surface area contributed by atoms with Crippen LogP contribution in [0.4, 0.5) is 11.4 Å². The van der Waals surface area contributed by atoms with Gasteiger partial charge in [0.25, 0.3) is 0 Å². The second-order valence-electron chi connectivity index (χ2n) is 6.96. The first-order valence-corrected chi connectivity index (χ1v) is 9.84. The molecule has 1 amide bonds. The summed E-state index contributed by atoms with van der Waals surface area (Å²) in [6, 6.07) is 16.2. The minimum absolute atomic E-state index is 0. The van der Waals surface area contributed by atoms with Crippen LogP contribution in [0, 0.1) is 0 Å². The van der Waals surface area contributed by atoms with E-state index in [1.165, 1.54) is 0 Å². The Bertz CT molecular complexity index is 842. The zero-order chi connectivity index (χ0) is 20.5. The van der Waals surface area contributed by atoms with Crippen molar-refractivity contribution >= 4 is 47.2 Å². The van der Waals surface area contributed by atoms with Gasteiger partial charge in [0.2, 0.25) is 5.91 Å². The van der Waals surface area contributed by atoms with E-state index in [2.05, 4.69) is 56.6 Å². The smallest absolute Gasteiger partial charge is 0.225 e. The maximum atomic E-state index is 12.0. The quantitative estimate of drug-likeness (QED) is 0.185. The van der Waals surface area contributed by atoms with E-state index in [1.807, 2.05) is 18.2 Å². The fraction of sp³-hybridized carbons (Fsp3) is 0.364. The third-order valence-corrected chi connectivity index (χ3v) is 4.90. The Morgan fingerprint density at radius 3 is 2.67 bits per heavy atom. The Morgan fingerprint density at radius 2 is 1.93 bits per heavy atom. The van der Waals surface area contributed by atoms with Gasteiger partial charge < -0.3 is 26.0 Å². The van der Waals surface area contributed by atoms with E-state index < -0.39 is 0 Å². The summed E-state index contributed by atoms with van der Waals surface area (Å²) in [5.74, 6) is 0.893. The Labute approximate surface area is 195 Å². The number of aliphatic imine (C=N–C) groups is 1. The molecule has 0 saturated heterocycles. The molecule has 1 aliphatic rings. The number of carbonyl (C=O) groups is 1. The van der Waals surface area contributed by atoms with Crippen molar-refractivity contribution in [2.75, 3.05) is 44.5 Å². The number of ether oxygens (including phenoxy) is 1. The summed E-state index contributed by atoms with van der Waals surface area (Å²) in [7, 11) is 3.44. The summed E-state index contributed by atoms with van der Waals surface area (Å²) in [6.07, 6.45) is 0.471. The number of nitrogens with zero attached hydrogens (tertiary/aromatic N) is 1. The van der Waals surface area contributed by atoms with E-state index in [0.717, 1.165) is 35.0 Å². The van der Waals surface area contributed by atoms with Crippen molar-refractivity contribution in [2.24, 2.45) is 4.99 Å². The number of methoxy groups -OCH3 is 1. The molecule has 0 spiro atoms. The maximum absolute atomic E-state index is 12.0. The summed E-state index contributed by atoms with van der Waals surface area (Å²) >= 11 is 0. The number of para-hydroxylation sites is 1. The van der Waals surface area contributed by atoms with Crippen LogP contribution in [0.2, 0.25) is 0 Å².